The van der Waals surface area contributed by atoms with Crippen molar-refractivity contribution < 1.29 is 0 Å². The lowest BCUT2D eigenvalue weighted by Crippen LogP contribution is -2.06. The summed E-state index contributed by atoms with van der Waals surface area (Å²) in [6.45, 7) is 0. The average molecular weight is 226 g/mol. The third-order valence-electron chi connectivity index (χ3n) is 3.82. The van der Waals surface area contributed by atoms with E-state index in [0.29, 0.717) is 11.7 Å². The van der Waals surface area contributed by atoms with Gasteiger partial charge in [-0.2, -0.15) is 0 Å². The Morgan fingerprint density at radius 1 is 1.00 bits per heavy atom. The second kappa shape index (κ2) is 4.36. The number of pyridine rings is 1. The summed E-state index contributed by atoms with van der Waals surface area (Å²) in [5, 5.41) is 1.21. The number of nitrogens with two attached hydrogens (primary N) is 1. The highest BCUT2D eigenvalue weighted by molar-refractivity contribution is 5.83. The Hall–Kier alpha value is -1.57. The van der Waals surface area contributed by atoms with Crippen molar-refractivity contribution in [1.29, 1.82) is 0 Å². The van der Waals surface area contributed by atoms with E-state index < -0.39 is 0 Å². The SMILES string of the molecule is Nc1ccc2cccc(C3CCCCC3)c2n1. The van der Waals surface area contributed by atoms with Crippen molar-refractivity contribution >= 4 is 16.7 Å². The molecule has 1 heterocycles. The van der Waals surface area contributed by atoms with Crippen LogP contribution in [0.5, 0.6) is 0 Å². The molecule has 0 radical (unpaired) electrons. The van der Waals surface area contributed by atoms with Crippen LogP contribution in [0.15, 0.2) is 30.3 Å². The second-order valence-corrected chi connectivity index (χ2v) is 4.99. The molecule has 0 amide bonds. The lowest BCUT2D eigenvalue weighted by molar-refractivity contribution is 0.445. The molecule has 17 heavy (non-hydrogen) atoms. The number of hydrogen-bond acceptors (Lipinski definition) is 2. The molecule has 0 spiro atoms. The largest absolute Gasteiger partial charge is 0.384 e. The fourth-order valence-corrected chi connectivity index (χ4v) is 2.93. The maximum absolute atomic E-state index is 5.81. The number of fused-ring (bicyclic) bond motifs is 1. The molecule has 2 N–H and O–H groups in total. The van der Waals surface area contributed by atoms with Crippen molar-refractivity contribution in [2.24, 2.45) is 0 Å². The molecular weight excluding hydrogens is 208 g/mol. The fraction of sp³-hybridized carbons (Fsp3) is 0.400. The van der Waals surface area contributed by atoms with E-state index in [1.165, 1.54) is 43.1 Å². The van der Waals surface area contributed by atoms with Gasteiger partial charge >= 0.3 is 0 Å². The predicted octanol–water partition coefficient (Wildman–Crippen LogP) is 3.86. The second-order valence-electron chi connectivity index (χ2n) is 4.99. The van der Waals surface area contributed by atoms with Crippen molar-refractivity contribution in [1.82, 2.24) is 4.98 Å². The molecule has 1 aliphatic carbocycles. The molecule has 2 heteroatoms. The Morgan fingerprint density at radius 2 is 1.82 bits per heavy atom. The van der Waals surface area contributed by atoms with Gasteiger partial charge in [0.25, 0.3) is 0 Å². The van der Waals surface area contributed by atoms with Crippen LogP contribution in [0.25, 0.3) is 10.9 Å². The minimum Gasteiger partial charge on any atom is -0.384 e. The molecule has 0 saturated heterocycles. The molecule has 88 valence electrons. The molecule has 2 aromatic rings. The lowest BCUT2D eigenvalue weighted by atomic mass is 9.83. The molecule has 0 bridgehead atoms. The van der Waals surface area contributed by atoms with Gasteiger partial charge in [0, 0.05) is 5.39 Å². The summed E-state index contributed by atoms with van der Waals surface area (Å²) >= 11 is 0. The van der Waals surface area contributed by atoms with Gasteiger partial charge in [0.05, 0.1) is 5.52 Å². The first-order chi connectivity index (χ1) is 8.34. The van der Waals surface area contributed by atoms with E-state index in [0.717, 1.165) is 5.52 Å². The van der Waals surface area contributed by atoms with E-state index in [1.807, 2.05) is 6.07 Å². The molecule has 0 atom stereocenters. The molecule has 0 aliphatic heterocycles. The maximum atomic E-state index is 5.81. The number of rotatable bonds is 1. The van der Waals surface area contributed by atoms with Crippen molar-refractivity contribution in [3.8, 4) is 0 Å². The van der Waals surface area contributed by atoms with Gasteiger partial charge in [-0.25, -0.2) is 4.98 Å². The van der Waals surface area contributed by atoms with Crippen molar-refractivity contribution in [3.63, 3.8) is 0 Å². The number of para-hydroxylation sites is 1. The first-order valence-electron chi connectivity index (χ1n) is 6.50. The van der Waals surface area contributed by atoms with E-state index in [4.69, 9.17) is 5.73 Å². The Bertz CT molecular complexity index is 527. The summed E-state index contributed by atoms with van der Waals surface area (Å²) < 4.78 is 0. The van der Waals surface area contributed by atoms with Crippen molar-refractivity contribution in [2.75, 3.05) is 5.73 Å². The van der Waals surface area contributed by atoms with E-state index in [2.05, 4.69) is 29.2 Å². The van der Waals surface area contributed by atoms with Gasteiger partial charge < -0.3 is 5.73 Å². The summed E-state index contributed by atoms with van der Waals surface area (Å²) in [5.74, 6) is 1.31. The smallest absolute Gasteiger partial charge is 0.124 e. The van der Waals surface area contributed by atoms with Gasteiger partial charge in [0.1, 0.15) is 5.82 Å². The Balaban J connectivity index is 2.11. The zero-order chi connectivity index (χ0) is 11.7. The van der Waals surface area contributed by atoms with Crippen LogP contribution in [0.4, 0.5) is 5.82 Å². The van der Waals surface area contributed by atoms with Gasteiger partial charge in [0.2, 0.25) is 0 Å². The van der Waals surface area contributed by atoms with Crippen LogP contribution in [0.1, 0.15) is 43.6 Å². The number of aromatic nitrogens is 1. The maximum Gasteiger partial charge on any atom is 0.124 e. The number of nitrogens with zero attached hydrogens (tertiary/aromatic N) is 1. The zero-order valence-corrected chi connectivity index (χ0v) is 10.0. The fourth-order valence-electron chi connectivity index (χ4n) is 2.93. The predicted molar refractivity (Wildman–Crippen MR) is 72.0 cm³/mol. The van der Waals surface area contributed by atoms with E-state index in [1.54, 1.807) is 0 Å². The average Bonchev–Trinajstić information content (AvgIpc) is 2.39. The number of anilines is 1. The van der Waals surface area contributed by atoms with Crippen LogP contribution >= 0.6 is 0 Å². The third-order valence-corrected chi connectivity index (χ3v) is 3.82. The number of hydrogen-bond donors (Lipinski definition) is 1. The van der Waals surface area contributed by atoms with Crippen LogP contribution in [0.2, 0.25) is 0 Å². The molecule has 1 aromatic carbocycles. The summed E-state index contributed by atoms with van der Waals surface area (Å²) in [6.07, 6.45) is 6.69. The highest BCUT2D eigenvalue weighted by Crippen LogP contribution is 2.35. The van der Waals surface area contributed by atoms with Crippen LogP contribution < -0.4 is 5.73 Å². The molecule has 1 fully saturated rings. The van der Waals surface area contributed by atoms with Crippen molar-refractivity contribution in [2.45, 2.75) is 38.0 Å². The molecule has 3 rings (SSSR count). The van der Waals surface area contributed by atoms with Crippen LogP contribution in [0.3, 0.4) is 0 Å². The number of nitrogen functional groups attached to an aromatic ring is 1. The summed E-state index contributed by atoms with van der Waals surface area (Å²) in [4.78, 5) is 4.53. The quantitative estimate of drug-likeness (QED) is 0.801. The summed E-state index contributed by atoms with van der Waals surface area (Å²) in [5.41, 5.74) is 8.32. The molecule has 1 saturated carbocycles. The minimum absolute atomic E-state index is 0.626. The molecular formula is C15H18N2. The summed E-state index contributed by atoms with van der Waals surface area (Å²) in [7, 11) is 0. The van der Waals surface area contributed by atoms with Gasteiger partial charge in [0.15, 0.2) is 0 Å². The monoisotopic (exact) mass is 226 g/mol. The van der Waals surface area contributed by atoms with Crippen LogP contribution in [-0.4, -0.2) is 4.98 Å². The number of benzene rings is 1. The molecule has 1 aromatic heterocycles. The molecule has 0 unspecified atom stereocenters. The zero-order valence-electron chi connectivity index (χ0n) is 10.0. The van der Waals surface area contributed by atoms with Crippen molar-refractivity contribution in [3.05, 3.63) is 35.9 Å². The molecule has 2 nitrogen and oxygen atoms in total. The first kappa shape index (κ1) is 10.6. The van der Waals surface area contributed by atoms with Crippen LogP contribution in [-0.2, 0) is 0 Å². The van der Waals surface area contributed by atoms with Gasteiger partial charge in [-0.05, 0) is 36.5 Å². The molecule has 1 aliphatic rings. The Kier molecular flexibility index (Phi) is 2.71. The first-order valence-corrected chi connectivity index (χ1v) is 6.50. The van der Waals surface area contributed by atoms with Gasteiger partial charge in [-0.1, -0.05) is 37.5 Å². The van der Waals surface area contributed by atoms with Gasteiger partial charge in [-0.3, -0.25) is 0 Å². The van der Waals surface area contributed by atoms with E-state index in [9.17, 15) is 0 Å². The highest BCUT2D eigenvalue weighted by Gasteiger charge is 2.18. The van der Waals surface area contributed by atoms with Gasteiger partial charge in [-0.15, -0.1) is 0 Å². The summed E-state index contributed by atoms with van der Waals surface area (Å²) in [6, 6.07) is 10.4. The normalized spacial score (nSPS) is 17.4. The topological polar surface area (TPSA) is 38.9 Å². The minimum atomic E-state index is 0.626. The Labute approximate surface area is 102 Å². The lowest BCUT2D eigenvalue weighted by Gasteiger charge is -2.22. The Morgan fingerprint density at radius 3 is 2.65 bits per heavy atom. The van der Waals surface area contributed by atoms with E-state index in [-0.39, 0.29) is 0 Å². The highest BCUT2D eigenvalue weighted by atomic mass is 14.8. The third kappa shape index (κ3) is 1.99. The standard InChI is InChI=1S/C15H18N2/c16-14-10-9-12-7-4-8-13(15(12)17-14)11-5-2-1-3-6-11/h4,7-11H,1-3,5-6H2,(H2,16,17). The van der Waals surface area contributed by atoms with Crippen LogP contribution in [0, 0.1) is 0 Å². The van der Waals surface area contributed by atoms with E-state index >= 15 is 0 Å².